The minimum atomic E-state index is -1.08. The van der Waals surface area contributed by atoms with E-state index in [1.807, 2.05) is 6.92 Å². The number of carbonyl (C=O) groups excluding carboxylic acids is 4. The van der Waals surface area contributed by atoms with Gasteiger partial charge in [0.25, 0.3) is 17.6 Å². The van der Waals surface area contributed by atoms with Gasteiger partial charge in [0.05, 0.1) is 13.2 Å². The standard InChI is InChI=1S/C14H17NO7/c1-2-3-7-20-12-9(16)6-8-21-13(12)14(19)22-15-10(17)4-5-11(15)18/h2-8H2,1H3. The first-order chi connectivity index (χ1) is 10.5. The van der Waals surface area contributed by atoms with Crippen LogP contribution in [-0.2, 0) is 33.5 Å². The number of hydroxylamine groups is 2. The first-order valence-corrected chi connectivity index (χ1v) is 7.15. The van der Waals surface area contributed by atoms with Gasteiger partial charge in [-0.05, 0) is 6.42 Å². The normalized spacial score (nSPS) is 18.6. The Morgan fingerprint density at radius 3 is 2.50 bits per heavy atom. The largest absolute Gasteiger partial charge is 0.486 e. The highest BCUT2D eigenvalue weighted by molar-refractivity contribution is 6.05. The third-order valence-electron chi connectivity index (χ3n) is 3.14. The molecule has 2 heterocycles. The van der Waals surface area contributed by atoms with Gasteiger partial charge < -0.3 is 14.3 Å². The van der Waals surface area contributed by atoms with E-state index in [-0.39, 0.29) is 49.8 Å². The molecule has 8 heteroatoms. The van der Waals surface area contributed by atoms with Gasteiger partial charge in [0.1, 0.15) is 0 Å². The lowest BCUT2D eigenvalue weighted by Crippen LogP contribution is -2.34. The van der Waals surface area contributed by atoms with Gasteiger partial charge in [-0.1, -0.05) is 13.3 Å². The molecule has 0 saturated carbocycles. The summed E-state index contributed by atoms with van der Waals surface area (Å²) in [5, 5.41) is 0.404. The quantitative estimate of drug-likeness (QED) is 0.523. The molecule has 2 rings (SSSR count). The number of nitrogens with zero attached hydrogens (tertiary/aromatic N) is 1. The summed E-state index contributed by atoms with van der Waals surface area (Å²) in [6.07, 6.45) is 1.65. The Morgan fingerprint density at radius 1 is 1.18 bits per heavy atom. The summed E-state index contributed by atoms with van der Waals surface area (Å²) in [6, 6.07) is 0. The summed E-state index contributed by atoms with van der Waals surface area (Å²) in [4.78, 5) is 51.5. The Morgan fingerprint density at radius 2 is 1.86 bits per heavy atom. The molecular weight excluding hydrogens is 294 g/mol. The van der Waals surface area contributed by atoms with E-state index in [4.69, 9.17) is 14.3 Å². The van der Waals surface area contributed by atoms with E-state index in [9.17, 15) is 19.2 Å². The number of allylic oxidation sites excluding steroid dienone is 1. The average Bonchev–Trinajstić information content (AvgIpc) is 2.80. The van der Waals surface area contributed by atoms with Crippen LogP contribution in [0, 0.1) is 0 Å². The average molecular weight is 311 g/mol. The fourth-order valence-electron chi connectivity index (χ4n) is 1.95. The number of ether oxygens (including phenoxy) is 2. The van der Waals surface area contributed by atoms with Crippen molar-refractivity contribution in [2.75, 3.05) is 13.2 Å². The number of Topliss-reactive ketones (excluding diaryl/α,β-unsaturated/α-hetero) is 1. The highest BCUT2D eigenvalue weighted by atomic mass is 16.7. The highest BCUT2D eigenvalue weighted by Crippen LogP contribution is 2.21. The maximum Gasteiger partial charge on any atom is 0.402 e. The van der Waals surface area contributed by atoms with Gasteiger partial charge in [-0.15, -0.1) is 5.06 Å². The fourth-order valence-corrected chi connectivity index (χ4v) is 1.95. The minimum Gasteiger partial charge on any atom is -0.486 e. The zero-order valence-corrected chi connectivity index (χ0v) is 12.3. The maximum atomic E-state index is 12.1. The molecule has 0 aliphatic carbocycles. The Balaban J connectivity index is 2.12. The summed E-state index contributed by atoms with van der Waals surface area (Å²) in [5.74, 6) is -3.25. The smallest absolute Gasteiger partial charge is 0.402 e. The van der Waals surface area contributed by atoms with Crippen molar-refractivity contribution in [1.29, 1.82) is 0 Å². The van der Waals surface area contributed by atoms with E-state index in [1.165, 1.54) is 0 Å². The second-order valence-electron chi connectivity index (χ2n) is 4.84. The molecule has 0 atom stereocenters. The predicted octanol–water partition coefficient (Wildman–Crippen LogP) is 0.611. The molecule has 8 nitrogen and oxygen atoms in total. The van der Waals surface area contributed by atoms with E-state index in [1.54, 1.807) is 0 Å². The van der Waals surface area contributed by atoms with Crippen LogP contribution in [0.5, 0.6) is 0 Å². The van der Waals surface area contributed by atoms with Crippen molar-refractivity contribution in [2.24, 2.45) is 0 Å². The lowest BCUT2D eigenvalue weighted by Gasteiger charge is -2.20. The summed E-state index contributed by atoms with van der Waals surface area (Å²) in [7, 11) is 0. The van der Waals surface area contributed by atoms with Crippen molar-refractivity contribution in [3.8, 4) is 0 Å². The van der Waals surface area contributed by atoms with Crippen LogP contribution in [0.2, 0.25) is 0 Å². The SMILES string of the molecule is CCCCOC1=C(C(=O)ON2C(=O)CCC2=O)OCCC1=O. The van der Waals surface area contributed by atoms with Gasteiger partial charge in [-0.25, -0.2) is 4.79 Å². The molecule has 0 radical (unpaired) electrons. The Labute approximate surface area is 126 Å². The van der Waals surface area contributed by atoms with Gasteiger partial charge in [-0.2, -0.15) is 0 Å². The van der Waals surface area contributed by atoms with Gasteiger partial charge >= 0.3 is 5.97 Å². The molecule has 0 aromatic rings. The molecule has 120 valence electrons. The third kappa shape index (κ3) is 3.44. The number of carbonyl (C=O) groups is 4. The van der Waals surface area contributed by atoms with Crippen LogP contribution in [0.3, 0.4) is 0 Å². The minimum absolute atomic E-state index is 0.00912. The maximum absolute atomic E-state index is 12.1. The lowest BCUT2D eigenvalue weighted by molar-refractivity contribution is -0.197. The van der Waals surface area contributed by atoms with Gasteiger partial charge in [-0.3, -0.25) is 14.4 Å². The summed E-state index contributed by atoms with van der Waals surface area (Å²) in [5.41, 5.74) is 0. The molecule has 1 saturated heterocycles. The van der Waals surface area contributed by atoms with E-state index in [0.29, 0.717) is 11.5 Å². The van der Waals surface area contributed by atoms with E-state index >= 15 is 0 Å². The summed E-state index contributed by atoms with van der Waals surface area (Å²) in [6.45, 7) is 2.24. The highest BCUT2D eigenvalue weighted by Gasteiger charge is 2.37. The van der Waals surface area contributed by atoms with Gasteiger partial charge in [0.15, 0.2) is 0 Å². The van der Waals surface area contributed by atoms with Crippen molar-refractivity contribution in [3.05, 3.63) is 11.5 Å². The van der Waals surface area contributed by atoms with Crippen molar-refractivity contribution in [2.45, 2.75) is 39.0 Å². The van der Waals surface area contributed by atoms with Crippen LogP contribution < -0.4 is 0 Å². The van der Waals surface area contributed by atoms with Crippen molar-refractivity contribution in [1.82, 2.24) is 5.06 Å². The van der Waals surface area contributed by atoms with Crippen molar-refractivity contribution < 1.29 is 33.5 Å². The Bertz CT molecular complexity index is 521. The number of unbranched alkanes of at least 4 members (excludes halogenated alkanes) is 1. The number of rotatable bonds is 6. The zero-order valence-electron chi connectivity index (χ0n) is 12.3. The number of amides is 2. The van der Waals surface area contributed by atoms with Crippen LogP contribution in [0.4, 0.5) is 0 Å². The fraction of sp³-hybridized carbons (Fsp3) is 0.571. The molecule has 22 heavy (non-hydrogen) atoms. The molecule has 0 bridgehead atoms. The van der Waals surface area contributed by atoms with E-state index in [2.05, 4.69) is 0 Å². The Kier molecular flexibility index (Phi) is 5.13. The predicted molar refractivity (Wildman–Crippen MR) is 70.6 cm³/mol. The molecule has 0 unspecified atom stereocenters. The topological polar surface area (TPSA) is 99.2 Å². The second-order valence-corrected chi connectivity index (χ2v) is 4.84. The van der Waals surface area contributed by atoms with Gasteiger partial charge in [0.2, 0.25) is 11.5 Å². The number of imide groups is 1. The van der Waals surface area contributed by atoms with Crippen molar-refractivity contribution in [3.63, 3.8) is 0 Å². The first kappa shape index (κ1) is 16.0. The summed E-state index contributed by atoms with van der Waals surface area (Å²) >= 11 is 0. The number of hydrogen-bond acceptors (Lipinski definition) is 7. The monoisotopic (exact) mass is 311 g/mol. The first-order valence-electron chi connectivity index (χ1n) is 7.15. The molecule has 2 aliphatic heterocycles. The molecule has 0 N–H and O–H groups in total. The lowest BCUT2D eigenvalue weighted by atomic mass is 10.2. The molecule has 0 spiro atoms. The molecule has 2 amide bonds. The molecule has 2 aliphatic rings. The number of hydrogen-bond donors (Lipinski definition) is 0. The molecular formula is C14H17NO7. The third-order valence-corrected chi connectivity index (χ3v) is 3.14. The van der Waals surface area contributed by atoms with Crippen LogP contribution in [-0.4, -0.2) is 41.8 Å². The van der Waals surface area contributed by atoms with E-state index in [0.717, 1.165) is 6.42 Å². The molecule has 0 aromatic carbocycles. The second kappa shape index (κ2) is 7.06. The van der Waals surface area contributed by atoms with Crippen LogP contribution in [0.1, 0.15) is 39.0 Å². The summed E-state index contributed by atoms with van der Waals surface area (Å²) < 4.78 is 10.4. The molecule has 0 aromatic heterocycles. The van der Waals surface area contributed by atoms with Gasteiger partial charge in [0, 0.05) is 19.3 Å². The van der Waals surface area contributed by atoms with Crippen LogP contribution in [0.25, 0.3) is 0 Å². The zero-order chi connectivity index (χ0) is 16.1. The van der Waals surface area contributed by atoms with Crippen molar-refractivity contribution >= 4 is 23.6 Å². The van der Waals surface area contributed by atoms with Crippen LogP contribution >= 0.6 is 0 Å². The van der Waals surface area contributed by atoms with Crippen LogP contribution in [0.15, 0.2) is 11.5 Å². The van der Waals surface area contributed by atoms with E-state index < -0.39 is 17.8 Å². The number of ketones is 1. The Hall–Kier alpha value is -2.38. The molecule has 1 fully saturated rings.